The van der Waals surface area contributed by atoms with Crippen LogP contribution in [0.3, 0.4) is 0 Å². The molecule has 1 aromatic rings. The summed E-state index contributed by atoms with van der Waals surface area (Å²) in [6.45, 7) is 11.5. The third-order valence-corrected chi connectivity index (χ3v) is 4.35. The van der Waals surface area contributed by atoms with Crippen LogP contribution < -0.4 is 10.6 Å². The van der Waals surface area contributed by atoms with E-state index in [4.69, 9.17) is 4.74 Å². The van der Waals surface area contributed by atoms with Crippen molar-refractivity contribution in [1.82, 2.24) is 25.4 Å². The number of hydrogen-bond acceptors (Lipinski definition) is 4. The number of unbranched alkanes of at least 4 members (excludes halogenated alkanes) is 2. The molecule has 1 heterocycles. The van der Waals surface area contributed by atoms with Crippen LogP contribution in [0.2, 0.25) is 0 Å². The van der Waals surface area contributed by atoms with Gasteiger partial charge in [0.1, 0.15) is 12.4 Å². The van der Waals surface area contributed by atoms with Gasteiger partial charge in [0.05, 0.1) is 6.61 Å². The minimum atomic E-state index is 0.236. The van der Waals surface area contributed by atoms with Crippen molar-refractivity contribution in [3.05, 3.63) is 11.6 Å². The van der Waals surface area contributed by atoms with E-state index in [9.17, 15) is 0 Å². The summed E-state index contributed by atoms with van der Waals surface area (Å²) in [5.74, 6) is 2.54. The van der Waals surface area contributed by atoms with Crippen LogP contribution in [-0.4, -0.2) is 47.5 Å². The van der Waals surface area contributed by atoms with E-state index in [1.165, 1.54) is 25.7 Å². The van der Waals surface area contributed by atoms with Gasteiger partial charge in [0.15, 0.2) is 11.8 Å². The van der Waals surface area contributed by atoms with Gasteiger partial charge in [-0.05, 0) is 18.8 Å². The van der Waals surface area contributed by atoms with Crippen LogP contribution in [0.1, 0.15) is 58.1 Å². The third-order valence-electron chi connectivity index (χ3n) is 4.35. The van der Waals surface area contributed by atoms with Gasteiger partial charge in [-0.2, -0.15) is 0 Å². The Morgan fingerprint density at radius 1 is 1.24 bits per heavy atom. The van der Waals surface area contributed by atoms with E-state index in [1.54, 1.807) is 7.11 Å². The predicted molar refractivity (Wildman–Crippen MR) is 103 cm³/mol. The quantitative estimate of drug-likeness (QED) is 0.363. The Balaban J connectivity index is 2.62. The second-order valence-corrected chi connectivity index (χ2v) is 7.28. The van der Waals surface area contributed by atoms with Gasteiger partial charge in [-0.1, -0.05) is 40.0 Å². The first-order valence-corrected chi connectivity index (χ1v) is 9.25. The lowest BCUT2D eigenvalue weighted by Crippen LogP contribution is -2.43. The lowest BCUT2D eigenvalue weighted by atomic mass is 9.87. The standard InChI is InChI=1S/C18H36N6O/c1-7-8-9-10-18(3,4)14-21-17(19-11-12-25-6)20-13-16-23-22-15(2)24(16)5/h7-14H2,1-6H3,(H2,19,20,21). The molecule has 0 aliphatic heterocycles. The number of rotatable bonds is 11. The Morgan fingerprint density at radius 3 is 2.60 bits per heavy atom. The second-order valence-electron chi connectivity index (χ2n) is 7.28. The normalized spacial score (nSPS) is 12.5. The number of ether oxygens (including phenoxy) is 1. The molecule has 0 saturated carbocycles. The molecule has 0 fully saturated rings. The molecule has 7 heteroatoms. The van der Waals surface area contributed by atoms with Crippen molar-refractivity contribution < 1.29 is 4.74 Å². The maximum absolute atomic E-state index is 5.12. The van der Waals surface area contributed by atoms with Crippen LogP contribution >= 0.6 is 0 Å². The molecule has 0 radical (unpaired) electrons. The first-order chi connectivity index (χ1) is 11.9. The first-order valence-electron chi connectivity index (χ1n) is 9.25. The van der Waals surface area contributed by atoms with Gasteiger partial charge in [-0.3, -0.25) is 0 Å². The number of methoxy groups -OCH3 is 1. The molecule has 0 unspecified atom stereocenters. The summed E-state index contributed by atoms with van der Waals surface area (Å²) in [4.78, 5) is 4.66. The van der Waals surface area contributed by atoms with Crippen molar-refractivity contribution in [3.8, 4) is 0 Å². The summed E-state index contributed by atoms with van der Waals surface area (Å²) in [6, 6.07) is 0. The lowest BCUT2D eigenvalue weighted by molar-refractivity contribution is 0.203. The van der Waals surface area contributed by atoms with Crippen LogP contribution in [0.4, 0.5) is 0 Å². The van der Waals surface area contributed by atoms with E-state index >= 15 is 0 Å². The molecule has 0 aliphatic carbocycles. The van der Waals surface area contributed by atoms with Crippen molar-refractivity contribution in [1.29, 1.82) is 0 Å². The van der Waals surface area contributed by atoms with Crippen molar-refractivity contribution in [2.45, 2.75) is 59.9 Å². The van der Waals surface area contributed by atoms with Crippen molar-refractivity contribution in [2.75, 3.05) is 26.8 Å². The molecule has 1 aromatic heterocycles. The molecule has 144 valence electrons. The zero-order valence-electron chi connectivity index (χ0n) is 16.9. The van der Waals surface area contributed by atoms with E-state index in [-0.39, 0.29) is 5.41 Å². The van der Waals surface area contributed by atoms with E-state index in [2.05, 4.69) is 46.6 Å². The molecule has 1 rings (SSSR count). The molecule has 0 amide bonds. The number of aryl methyl sites for hydroxylation is 1. The Hall–Kier alpha value is -1.63. The van der Waals surface area contributed by atoms with E-state index in [1.807, 2.05) is 18.5 Å². The zero-order valence-corrected chi connectivity index (χ0v) is 16.9. The molecule has 0 atom stereocenters. The first kappa shape index (κ1) is 21.4. The number of hydrogen-bond donors (Lipinski definition) is 2. The van der Waals surface area contributed by atoms with Crippen LogP contribution in [0, 0.1) is 12.3 Å². The minimum Gasteiger partial charge on any atom is -0.383 e. The summed E-state index contributed by atoms with van der Waals surface area (Å²) in [5.41, 5.74) is 0.236. The predicted octanol–water partition coefficient (Wildman–Crippen LogP) is 2.41. The van der Waals surface area contributed by atoms with Crippen molar-refractivity contribution in [2.24, 2.45) is 17.5 Å². The van der Waals surface area contributed by atoms with Gasteiger partial charge in [0.25, 0.3) is 0 Å². The Bertz CT molecular complexity index is 524. The highest BCUT2D eigenvalue weighted by Crippen LogP contribution is 2.22. The van der Waals surface area contributed by atoms with Gasteiger partial charge in [-0.25, -0.2) is 4.99 Å². The van der Waals surface area contributed by atoms with Gasteiger partial charge in [0, 0.05) is 27.2 Å². The monoisotopic (exact) mass is 352 g/mol. The number of guanidine groups is 1. The molecular formula is C18H36N6O. The van der Waals surface area contributed by atoms with Gasteiger partial charge in [0.2, 0.25) is 0 Å². The summed E-state index contributed by atoms with van der Waals surface area (Å²) >= 11 is 0. The topological polar surface area (TPSA) is 76.4 Å². The maximum Gasteiger partial charge on any atom is 0.191 e. The smallest absolute Gasteiger partial charge is 0.191 e. The van der Waals surface area contributed by atoms with Crippen LogP contribution in [0.5, 0.6) is 0 Å². The van der Waals surface area contributed by atoms with Crippen molar-refractivity contribution in [3.63, 3.8) is 0 Å². The minimum absolute atomic E-state index is 0.236. The fourth-order valence-electron chi connectivity index (χ4n) is 2.45. The van der Waals surface area contributed by atoms with Crippen molar-refractivity contribution >= 4 is 5.96 Å². The van der Waals surface area contributed by atoms with Crippen LogP contribution in [-0.2, 0) is 18.3 Å². The SMILES string of the molecule is CCCCCC(C)(C)CNC(=NCc1nnc(C)n1C)NCCOC. The summed E-state index contributed by atoms with van der Waals surface area (Å²) in [6.07, 6.45) is 5.03. The summed E-state index contributed by atoms with van der Waals surface area (Å²) in [5, 5.41) is 15.0. The molecule has 25 heavy (non-hydrogen) atoms. The number of aromatic nitrogens is 3. The third kappa shape index (κ3) is 8.34. The molecule has 0 bridgehead atoms. The average molecular weight is 353 g/mol. The lowest BCUT2D eigenvalue weighted by Gasteiger charge is -2.26. The largest absolute Gasteiger partial charge is 0.383 e. The highest BCUT2D eigenvalue weighted by Gasteiger charge is 2.17. The zero-order chi connectivity index (χ0) is 18.7. The maximum atomic E-state index is 5.12. The molecule has 0 aliphatic rings. The molecule has 0 saturated heterocycles. The van der Waals surface area contributed by atoms with E-state index in [0.29, 0.717) is 13.2 Å². The average Bonchev–Trinajstić information content (AvgIpc) is 2.89. The molecule has 0 aromatic carbocycles. The Morgan fingerprint density at radius 2 is 2.00 bits per heavy atom. The fourth-order valence-corrected chi connectivity index (χ4v) is 2.45. The Labute approximate surface area is 152 Å². The number of nitrogens with zero attached hydrogens (tertiary/aromatic N) is 4. The summed E-state index contributed by atoms with van der Waals surface area (Å²) < 4.78 is 7.08. The fraction of sp³-hybridized carbons (Fsp3) is 0.833. The number of nitrogens with one attached hydrogen (secondary N) is 2. The highest BCUT2D eigenvalue weighted by atomic mass is 16.5. The molecule has 0 spiro atoms. The second kappa shape index (κ2) is 11.1. The molecule has 7 nitrogen and oxygen atoms in total. The van der Waals surface area contributed by atoms with Gasteiger partial charge >= 0.3 is 0 Å². The van der Waals surface area contributed by atoms with Crippen LogP contribution in [0.25, 0.3) is 0 Å². The number of aliphatic imine (C=N–C) groups is 1. The van der Waals surface area contributed by atoms with E-state index in [0.717, 1.165) is 30.7 Å². The Kier molecular flexibility index (Phi) is 9.49. The summed E-state index contributed by atoms with van der Waals surface area (Å²) in [7, 11) is 3.66. The van der Waals surface area contributed by atoms with Gasteiger partial charge < -0.3 is 19.9 Å². The van der Waals surface area contributed by atoms with Gasteiger partial charge in [-0.15, -0.1) is 10.2 Å². The van der Waals surface area contributed by atoms with Crippen LogP contribution in [0.15, 0.2) is 4.99 Å². The van der Waals surface area contributed by atoms with E-state index < -0.39 is 0 Å². The highest BCUT2D eigenvalue weighted by molar-refractivity contribution is 5.79. The molecule has 2 N–H and O–H groups in total. The molecular weight excluding hydrogens is 316 g/mol.